The Balaban J connectivity index is 0.000000600. The SMILES string of the molecule is CCCCCCCCCCCCCCCc1ccc(CCCCCCCCCCCCCCC)c2cc(S(=O)(=O)[O-])ccc12.CCCCCCCCCCCCCCCc1ccc(CCCCCCCCCCCCCCC)c2cc(S(=O)(=O)[O-])ccc12.[Ba+2]. The first-order valence-electron chi connectivity index (χ1n) is 37.9. The fraction of sp³-hybridized carbons (Fsp3) is 0.750. The van der Waals surface area contributed by atoms with E-state index in [9.17, 15) is 25.9 Å². The molecule has 0 saturated carbocycles. The monoisotopic (exact) mass is 1390 g/mol. The van der Waals surface area contributed by atoms with Gasteiger partial charge in [-0.1, -0.05) is 372 Å². The molecule has 0 N–H and O–H groups in total. The van der Waals surface area contributed by atoms with Gasteiger partial charge < -0.3 is 9.11 Å². The van der Waals surface area contributed by atoms with E-state index >= 15 is 0 Å². The molecule has 4 rings (SSSR count). The van der Waals surface area contributed by atoms with Crippen LogP contribution in [0.5, 0.6) is 0 Å². The summed E-state index contributed by atoms with van der Waals surface area (Å²) >= 11 is 0. The molecule has 0 bridgehead atoms. The fourth-order valence-corrected chi connectivity index (χ4v) is 14.4. The molecule has 0 radical (unpaired) electrons. The van der Waals surface area contributed by atoms with Crippen LogP contribution in [-0.4, -0.2) is 74.8 Å². The molecule has 0 fully saturated rings. The van der Waals surface area contributed by atoms with Gasteiger partial charge in [-0.25, -0.2) is 16.8 Å². The van der Waals surface area contributed by atoms with Gasteiger partial charge in [0.2, 0.25) is 0 Å². The van der Waals surface area contributed by atoms with Crippen molar-refractivity contribution < 1.29 is 25.9 Å². The van der Waals surface area contributed by atoms with Crippen LogP contribution in [0.3, 0.4) is 0 Å². The van der Waals surface area contributed by atoms with Crippen LogP contribution in [-0.2, 0) is 45.9 Å². The molecule has 6 nitrogen and oxygen atoms in total. The van der Waals surface area contributed by atoms with Gasteiger partial charge in [0.1, 0.15) is 20.2 Å². The van der Waals surface area contributed by atoms with Gasteiger partial charge in [-0.2, -0.15) is 0 Å². The Morgan fingerprint density at radius 1 is 0.225 bits per heavy atom. The molecule has 89 heavy (non-hydrogen) atoms. The second-order valence-electron chi connectivity index (χ2n) is 27.1. The van der Waals surface area contributed by atoms with Crippen LogP contribution in [0.4, 0.5) is 0 Å². The minimum atomic E-state index is -4.46. The second kappa shape index (κ2) is 56.0. The first-order chi connectivity index (χ1) is 42.9. The third-order valence-corrected chi connectivity index (χ3v) is 20.8. The molecule has 0 aliphatic heterocycles. The zero-order chi connectivity index (χ0) is 63.4. The van der Waals surface area contributed by atoms with E-state index in [1.54, 1.807) is 12.1 Å². The third-order valence-electron chi connectivity index (χ3n) is 19.1. The summed E-state index contributed by atoms with van der Waals surface area (Å²) < 4.78 is 70.9. The Bertz CT molecular complexity index is 2370. The van der Waals surface area contributed by atoms with Crippen LogP contribution >= 0.6 is 0 Å². The van der Waals surface area contributed by atoms with Crippen molar-refractivity contribution in [3.8, 4) is 0 Å². The average Bonchev–Trinajstić information content (AvgIpc) is 2.51. The maximum Gasteiger partial charge on any atom is 2.00 e. The smallest absolute Gasteiger partial charge is 0.744 e. The summed E-state index contributed by atoms with van der Waals surface area (Å²) in [6.07, 6.45) is 73.6. The van der Waals surface area contributed by atoms with Gasteiger partial charge in [0.05, 0.1) is 9.79 Å². The third kappa shape index (κ3) is 41.4. The van der Waals surface area contributed by atoms with E-state index in [4.69, 9.17) is 0 Å². The largest absolute Gasteiger partial charge is 2.00 e. The molecule has 0 saturated heterocycles. The molecule has 504 valence electrons. The molecule has 0 amide bonds. The van der Waals surface area contributed by atoms with Crippen molar-refractivity contribution in [2.75, 3.05) is 0 Å². The first kappa shape index (κ1) is 83.9. The summed E-state index contributed by atoms with van der Waals surface area (Å²) in [4.78, 5) is -0.204. The number of hydrogen-bond donors (Lipinski definition) is 0. The summed E-state index contributed by atoms with van der Waals surface area (Å²) in [6.45, 7) is 9.11. The standard InChI is InChI=1S/2C40H68O3S.Ba/c2*1-3-5-7-9-11-13-15-17-19-21-23-25-27-29-36-31-32-37(40-35-38(44(41,42)43)33-34-39(36)40)30-28-26-24-22-20-18-16-14-12-10-8-6-4-2;/h2*31-35H,3-30H2,1-2H3,(H,41,42,43);/q;;+2/p-2. The number of benzene rings is 4. The predicted octanol–water partition coefficient (Wildman–Crippen LogP) is 25.6. The Morgan fingerprint density at radius 3 is 0.551 bits per heavy atom. The van der Waals surface area contributed by atoms with Gasteiger partial charge in [-0.15, -0.1) is 0 Å². The van der Waals surface area contributed by atoms with Gasteiger partial charge >= 0.3 is 48.9 Å². The minimum absolute atomic E-state index is 0. The van der Waals surface area contributed by atoms with Crippen molar-refractivity contribution in [2.24, 2.45) is 0 Å². The van der Waals surface area contributed by atoms with E-state index in [0.717, 1.165) is 72.9 Å². The average molecular weight is 1390 g/mol. The predicted molar refractivity (Wildman–Crippen MR) is 387 cm³/mol. The molecule has 0 heterocycles. The molecular formula is C80H134BaO6S2. The van der Waals surface area contributed by atoms with Crippen LogP contribution in [0.2, 0.25) is 0 Å². The summed E-state index contributed by atoms with van der Waals surface area (Å²) in [5.41, 5.74) is 4.93. The Kier molecular flexibility index (Phi) is 52.8. The number of rotatable bonds is 58. The second-order valence-corrected chi connectivity index (χ2v) is 29.8. The van der Waals surface area contributed by atoms with E-state index in [2.05, 4.69) is 52.0 Å². The topological polar surface area (TPSA) is 114 Å². The number of hydrogen-bond acceptors (Lipinski definition) is 6. The van der Waals surface area contributed by atoms with Gasteiger partial charge in [0.25, 0.3) is 0 Å². The molecule has 4 aromatic rings. The molecule has 4 aromatic carbocycles. The van der Waals surface area contributed by atoms with Gasteiger partial charge in [0.15, 0.2) is 0 Å². The minimum Gasteiger partial charge on any atom is -0.744 e. The van der Waals surface area contributed by atoms with Crippen molar-refractivity contribution in [2.45, 2.75) is 397 Å². The molecule has 0 atom stereocenters. The summed E-state index contributed by atoms with van der Waals surface area (Å²) in [6, 6.07) is 19.0. The quantitative estimate of drug-likeness (QED) is 0.0247. The Hall–Kier alpha value is -1.21. The molecular weight excluding hydrogens is 1260 g/mol. The zero-order valence-electron chi connectivity index (χ0n) is 58.3. The van der Waals surface area contributed by atoms with Crippen LogP contribution in [0.15, 0.2) is 70.5 Å². The maximum absolute atomic E-state index is 11.8. The van der Waals surface area contributed by atoms with Gasteiger partial charge in [-0.3, -0.25) is 0 Å². The van der Waals surface area contributed by atoms with E-state index in [1.165, 1.54) is 343 Å². The molecule has 0 aromatic heterocycles. The fourth-order valence-electron chi connectivity index (χ4n) is 13.4. The van der Waals surface area contributed by atoms with Crippen molar-refractivity contribution in [1.29, 1.82) is 0 Å². The van der Waals surface area contributed by atoms with Gasteiger partial charge in [0, 0.05) is 0 Å². The molecule has 0 spiro atoms. The molecule has 0 aliphatic carbocycles. The molecule has 0 unspecified atom stereocenters. The van der Waals surface area contributed by atoms with E-state index < -0.39 is 20.2 Å². The van der Waals surface area contributed by atoms with Crippen molar-refractivity contribution in [3.05, 3.63) is 82.9 Å². The normalized spacial score (nSPS) is 11.8. The molecule has 0 aliphatic rings. The number of fused-ring (bicyclic) bond motifs is 2. The maximum atomic E-state index is 11.8. The van der Waals surface area contributed by atoms with Crippen molar-refractivity contribution >= 4 is 90.7 Å². The number of unbranched alkanes of at least 4 members (excludes halogenated alkanes) is 48. The van der Waals surface area contributed by atoms with Crippen LogP contribution in [0.25, 0.3) is 21.5 Å². The molecule has 9 heteroatoms. The first-order valence-corrected chi connectivity index (χ1v) is 40.8. The van der Waals surface area contributed by atoms with Gasteiger partial charge in [-0.05, 0) is 119 Å². The van der Waals surface area contributed by atoms with Crippen molar-refractivity contribution in [3.63, 3.8) is 0 Å². The van der Waals surface area contributed by atoms with Crippen LogP contribution in [0, 0.1) is 0 Å². The van der Waals surface area contributed by atoms with E-state index in [0.29, 0.717) is 0 Å². The van der Waals surface area contributed by atoms with E-state index in [1.807, 2.05) is 12.1 Å². The summed E-state index contributed by atoms with van der Waals surface area (Å²) in [5, 5.41) is 4.19. The summed E-state index contributed by atoms with van der Waals surface area (Å²) in [7, 11) is -8.93. The Morgan fingerprint density at radius 2 is 0.382 bits per heavy atom. The number of aryl methyl sites for hydroxylation is 4. The van der Waals surface area contributed by atoms with Crippen LogP contribution in [0.1, 0.15) is 384 Å². The Labute approximate surface area is 591 Å². The zero-order valence-corrected chi connectivity index (χ0v) is 64.4. The van der Waals surface area contributed by atoms with Crippen molar-refractivity contribution in [1.82, 2.24) is 0 Å². The summed E-state index contributed by atoms with van der Waals surface area (Å²) in [5.74, 6) is 0. The van der Waals surface area contributed by atoms with Crippen LogP contribution < -0.4 is 0 Å². The van der Waals surface area contributed by atoms with E-state index in [-0.39, 0.29) is 58.7 Å².